The Morgan fingerprint density at radius 3 is 1.79 bits per heavy atom. The molecule has 4 rings (SSSR count). The number of hydrogen-bond acceptors (Lipinski definition) is 7. The molecular formula is C26H35N7. The highest BCUT2D eigenvalue weighted by Gasteiger charge is 2.15. The van der Waals surface area contributed by atoms with Crippen LogP contribution in [0.15, 0.2) is 48.5 Å². The van der Waals surface area contributed by atoms with Crippen LogP contribution in [-0.4, -0.2) is 35.1 Å². The Kier molecular flexibility index (Phi) is 7.60. The van der Waals surface area contributed by atoms with Gasteiger partial charge in [0.1, 0.15) is 0 Å². The first-order valence-electron chi connectivity index (χ1n) is 11.9. The van der Waals surface area contributed by atoms with Crippen LogP contribution in [-0.2, 0) is 13.1 Å². The van der Waals surface area contributed by atoms with Gasteiger partial charge in [0.15, 0.2) is 0 Å². The van der Waals surface area contributed by atoms with Gasteiger partial charge in [0.2, 0.25) is 17.8 Å². The molecule has 0 unspecified atom stereocenters. The van der Waals surface area contributed by atoms with Gasteiger partial charge in [-0.25, -0.2) is 0 Å². The average molecular weight is 446 g/mol. The minimum Gasteiger partial charge on any atom is -0.378 e. The molecule has 1 aliphatic rings. The Morgan fingerprint density at radius 1 is 0.727 bits per heavy atom. The largest absolute Gasteiger partial charge is 0.378 e. The summed E-state index contributed by atoms with van der Waals surface area (Å²) in [6.45, 7) is 3.41. The van der Waals surface area contributed by atoms with E-state index in [4.69, 9.17) is 0 Å². The first kappa shape index (κ1) is 22.8. The molecular weight excluding hydrogens is 410 g/mol. The third-order valence-corrected chi connectivity index (χ3v) is 6.05. The maximum Gasteiger partial charge on any atom is 0.229 e. The van der Waals surface area contributed by atoms with E-state index in [1.807, 2.05) is 14.1 Å². The number of aromatic nitrogens is 3. The van der Waals surface area contributed by atoms with Gasteiger partial charge in [-0.3, -0.25) is 0 Å². The molecule has 7 nitrogen and oxygen atoms in total. The van der Waals surface area contributed by atoms with Gasteiger partial charge in [-0.15, -0.1) is 0 Å². The van der Waals surface area contributed by atoms with E-state index in [2.05, 4.69) is 91.3 Å². The predicted molar refractivity (Wildman–Crippen MR) is 137 cm³/mol. The molecule has 0 aliphatic heterocycles. The summed E-state index contributed by atoms with van der Waals surface area (Å²) in [5, 5.41) is 10.3. The fourth-order valence-electron chi connectivity index (χ4n) is 4.01. The quantitative estimate of drug-likeness (QED) is 0.417. The molecule has 0 spiro atoms. The highest BCUT2D eigenvalue weighted by atomic mass is 15.3. The van der Waals surface area contributed by atoms with E-state index >= 15 is 0 Å². The van der Waals surface area contributed by atoms with Crippen molar-refractivity contribution in [2.45, 2.75) is 58.2 Å². The summed E-state index contributed by atoms with van der Waals surface area (Å²) in [5.41, 5.74) is 4.80. The Morgan fingerprint density at radius 2 is 1.24 bits per heavy atom. The molecule has 0 atom stereocenters. The van der Waals surface area contributed by atoms with Gasteiger partial charge in [0, 0.05) is 38.9 Å². The second kappa shape index (κ2) is 11.0. The molecule has 0 radical (unpaired) electrons. The van der Waals surface area contributed by atoms with Crippen molar-refractivity contribution in [3.8, 4) is 0 Å². The second-order valence-electron chi connectivity index (χ2n) is 9.04. The smallest absolute Gasteiger partial charge is 0.229 e. The summed E-state index contributed by atoms with van der Waals surface area (Å²) in [6.07, 6.45) is 6.17. The van der Waals surface area contributed by atoms with Crippen molar-refractivity contribution in [3.63, 3.8) is 0 Å². The molecule has 3 aromatic rings. The van der Waals surface area contributed by atoms with Gasteiger partial charge in [0.25, 0.3) is 0 Å². The summed E-state index contributed by atoms with van der Waals surface area (Å²) in [6, 6.07) is 17.4. The van der Waals surface area contributed by atoms with Crippen molar-refractivity contribution in [2.75, 3.05) is 34.9 Å². The Hall–Kier alpha value is -3.35. The lowest BCUT2D eigenvalue weighted by Crippen LogP contribution is -2.24. The van der Waals surface area contributed by atoms with Crippen LogP contribution in [0.4, 0.5) is 23.5 Å². The van der Waals surface area contributed by atoms with Crippen molar-refractivity contribution < 1.29 is 0 Å². The molecule has 33 heavy (non-hydrogen) atoms. The standard InChI is InChI=1S/C26H35N7/c1-19-9-11-20(12-10-19)17-27-24-30-25(28-18-21-13-15-23(16-14-21)33(2)3)32-26(31-24)29-22-7-5-4-6-8-22/h9-16,22H,4-8,17-18H2,1-3H3,(H3,27,28,29,30,31,32). The summed E-state index contributed by atoms with van der Waals surface area (Å²) in [7, 11) is 4.09. The van der Waals surface area contributed by atoms with Crippen LogP contribution in [0.5, 0.6) is 0 Å². The van der Waals surface area contributed by atoms with Crippen molar-refractivity contribution in [1.82, 2.24) is 15.0 Å². The van der Waals surface area contributed by atoms with Crippen molar-refractivity contribution >= 4 is 23.5 Å². The highest BCUT2D eigenvalue weighted by molar-refractivity contribution is 5.47. The van der Waals surface area contributed by atoms with Crippen LogP contribution in [0.1, 0.15) is 48.8 Å². The van der Waals surface area contributed by atoms with Crippen LogP contribution in [0, 0.1) is 6.92 Å². The fraction of sp³-hybridized carbons (Fsp3) is 0.423. The molecule has 1 saturated carbocycles. The zero-order valence-corrected chi connectivity index (χ0v) is 19.9. The minimum absolute atomic E-state index is 0.428. The maximum atomic E-state index is 4.66. The van der Waals surface area contributed by atoms with Crippen LogP contribution >= 0.6 is 0 Å². The van der Waals surface area contributed by atoms with E-state index in [1.165, 1.54) is 54.5 Å². The zero-order chi connectivity index (χ0) is 23.0. The Balaban J connectivity index is 1.46. The van der Waals surface area contributed by atoms with Gasteiger partial charge < -0.3 is 20.9 Å². The molecule has 1 aromatic heterocycles. The molecule has 174 valence electrons. The molecule has 1 heterocycles. The molecule has 1 fully saturated rings. The molecule has 7 heteroatoms. The number of benzene rings is 2. The van der Waals surface area contributed by atoms with Gasteiger partial charge >= 0.3 is 0 Å². The lowest BCUT2D eigenvalue weighted by Gasteiger charge is -2.23. The van der Waals surface area contributed by atoms with E-state index in [-0.39, 0.29) is 0 Å². The van der Waals surface area contributed by atoms with E-state index in [0.29, 0.717) is 37.0 Å². The van der Waals surface area contributed by atoms with Crippen LogP contribution in [0.25, 0.3) is 0 Å². The maximum absolute atomic E-state index is 4.66. The first-order chi connectivity index (χ1) is 16.0. The highest BCUT2D eigenvalue weighted by Crippen LogP contribution is 2.21. The molecule has 2 aromatic carbocycles. The topological polar surface area (TPSA) is 78.0 Å². The van der Waals surface area contributed by atoms with Crippen molar-refractivity contribution in [3.05, 3.63) is 65.2 Å². The molecule has 0 bridgehead atoms. The summed E-state index contributed by atoms with van der Waals surface area (Å²) >= 11 is 0. The lowest BCUT2D eigenvalue weighted by molar-refractivity contribution is 0.461. The number of nitrogens with one attached hydrogen (secondary N) is 3. The number of hydrogen-bond donors (Lipinski definition) is 3. The summed E-state index contributed by atoms with van der Waals surface area (Å²) < 4.78 is 0. The third-order valence-electron chi connectivity index (χ3n) is 6.05. The van der Waals surface area contributed by atoms with Gasteiger partial charge in [0.05, 0.1) is 0 Å². The monoisotopic (exact) mass is 445 g/mol. The van der Waals surface area contributed by atoms with E-state index in [0.717, 1.165) is 0 Å². The van der Waals surface area contributed by atoms with Gasteiger partial charge in [-0.2, -0.15) is 15.0 Å². The van der Waals surface area contributed by atoms with Gasteiger partial charge in [-0.1, -0.05) is 61.2 Å². The normalized spacial score (nSPS) is 14.0. The summed E-state index contributed by atoms with van der Waals surface area (Å²) in [4.78, 5) is 16.0. The van der Waals surface area contributed by atoms with Gasteiger partial charge in [-0.05, 0) is 43.0 Å². The Bertz CT molecular complexity index is 1010. The average Bonchev–Trinajstić information content (AvgIpc) is 2.83. The van der Waals surface area contributed by atoms with Crippen LogP contribution < -0.4 is 20.9 Å². The van der Waals surface area contributed by atoms with Crippen molar-refractivity contribution in [2.24, 2.45) is 0 Å². The number of aryl methyl sites for hydroxylation is 1. The molecule has 3 N–H and O–H groups in total. The third kappa shape index (κ3) is 6.81. The summed E-state index contributed by atoms with van der Waals surface area (Å²) in [5.74, 6) is 1.79. The minimum atomic E-state index is 0.428. The number of anilines is 4. The molecule has 0 saturated heterocycles. The van der Waals surface area contributed by atoms with E-state index < -0.39 is 0 Å². The second-order valence-corrected chi connectivity index (χ2v) is 9.04. The zero-order valence-electron chi connectivity index (χ0n) is 19.9. The van der Waals surface area contributed by atoms with Crippen molar-refractivity contribution in [1.29, 1.82) is 0 Å². The fourth-order valence-corrected chi connectivity index (χ4v) is 4.01. The first-order valence-corrected chi connectivity index (χ1v) is 11.9. The number of nitrogens with zero attached hydrogens (tertiary/aromatic N) is 4. The SMILES string of the molecule is Cc1ccc(CNc2nc(NCc3ccc(N(C)C)cc3)nc(NC3CCCCC3)n2)cc1. The lowest BCUT2D eigenvalue weighted by atomic mass is 9.96. The van der Waals surface area contributed by atoms with Crippen LogP contribution in [0.2, 0.25) is 0 Å². The van der Waals surface area contributed by atoms with Crippen LogP contribution in [0.3, 0.4) is 0 Å². The molecule has 1 aliphatic carbocycles. The number of rotatable bonds is 9. The van der Waals surface area contributed by atoms with E-state index in [9.17, 15) is 0 Å². The Labute approximate surface area is 197 Å². The van der Waals surface area contributed by atoms with E-state index in [1.54, 1.807) is 0 Å². The predicted octanol–water partition coefficient (Wildman–Crippen LogP) is 5.21. The molecule has 0 amide bonds.